The maximum Gasteiger partial charge on any atom is 0.338 e. The van der Waals surface area contributed by atoms with Gasteiger partial charge >= 0.3 is 5.97 Å². The average molecular weight is 560 g/mol. The monoisotopic (exact) mass is 559 g/mol. The summed E-state index contributed by atoms with van der Waals surface area (Å²) in [5.41, 5.74) is 2.38. The van der Waals surface area contributed by atoms with Gasteiger partial charge in [0.2, 0.25) is 0 Å². The van der Waals surface area contributed by atoms with Crippen LogP contribution in [0.3, 0.4) is 0 Å². The maximum absolute atomic E-state index is 12.7. The summed E-state index contributed by atoms with van der Waals surface area (Å²) in [6.07, 6.45) is 1.42. The second-order valence-electron chi connectivity index (χ2n) is 7.50. The molecular formula is C28H22BrN3O5. The number of benzene rings is 3. The van der Waals surface area contributed by atoms with Crippen LogP contribution in [-0.4, -0.2) is 25.6 Å². The fraction of sp³-hybridized carbons (Fsp3) is 0.143. The molecule has 0 unspecified atom stereocenters. The quantitative estimate of drug-likeness (QED) is 0.205. The standard InChI is InChI=1S/C28H22BrN3O5/c1-3-36-28(34)18-8-10-23(11-9-18)32-27(33)22(16-31)12-21-13-25(35-2)26(14-24(21)29)37-17-20-7-5-4-6-19(20)15-30/h4-14H,3,17H2,1-2H3,(H,32,33)/b22-12+. The fourth-order valence-electron chi connectivity index (χ4n) is 3.25. The number of carbonyl (C=O) groups is 2. The van der Waals surface area contributed by atoms with E-state index in [2.05, 4.69) is 27.3 Å². The molecule has 0 heterocycles. The van der Waals surface area contributed by atoms with E-state index in [4.69, 9.17) is 14.2 Å². The molecule has 0 aromatic heterocycles. The number of nitrogens with zero attached hydrogens (tertiary/aromatic N) is 2. The second kappa shape index (κ2) is 12.9. The van der Waals surface area contributed by atoms with Crippen LogP contribution in [0.2, 0.25) is 0 Å². The van der Waals surface area contributed by atoms with Crippen LogP contribution in [-0.2, 0) is 16.1 Å². The van der Waals surface area contributed by atoms with Gasteiger partial charge in [0.1, 0.15) is 18.2 Å². The Hall–Kier alpha value is -4.60. The average Bonchev–Trinajstić information content (AvgIpc) is 2.91. The van der Waals surface area contributed by atoms with Crippen LogP contribution in [0.15, 0.2) is 70.7 Å². The number of anilines is 1. The molecule has 0 saturated heterocycles. The highest BCUT2D eigenvalue weighted by Crippen LogP contribution is 2.35. The first-order valence-corrected chi connectivity index (χ1v) is 11.9. The van der Waals surface area contributed by atoms with Crippen LogP contribution in [0, 0.1) is 22.7 Å². The number of carbonyl (C=O) groups excluding carboxylic acids is 2. The van der Waals surface area contributed by atoms with E-state index in [1.807, 2.05) is 12.1 Å². The van der Waals surface area contributed by atoms with E-state index in [0.29, 0.717) is 38.3 Å². The lowest BCUT2D eigenvalue weighted by atomic mass is 10.1. The Balaban J connectivity index is 1.78. The zero-order valence-corrected chi connectivity index (χ0v) is 21.7. The van der Waals surface area contributed by atoms with Gasteiger partial charge in [-0.05, 0) is 61.0 Å². The van der Waals surface area contributed by atoms with E-state index < -0.39 is 11.9 Å². The van der Waals surface area contributed by atoms with E-state index >= 15 is 0 Å². The van der Waals surface area contributed by atoms with Gasteiger partial charge in [0.05, 0.1) is 30.9 Å². The summed E-state index contributed by atoms with van der Waals surface area (Å²) in [6.45, 7) is 2.13. The van der Waals surface area contributed by atoms with E-state index in [0.717, 1.165) is 5.56 Å². The molecular weight excluding hydrogens is 538 g/mol. The smallest absolute Gasteiger partial charge is 0.338 e. The number of nitrogens with one attached hydrogen (secondary N) is 1. The third kappa shape index (κ3) is 6.97. The van der Waals surface area contributed by atoms with Gasteiger partial charge < -0.3 is 19.5 Å². The molecule has 8 nitrogen and oxygen atoms in total. The molecule has 37 heavy (non-hydrogen) atoms. The molecule has 0 aliphatic carbocycles. The molecule has 0 aliphatic rings. The van der Waals surface area contributed by atoms with Crippen molar-refractivity contribution in [1.82, 2.24) is 0 Å². The highest BCUT2D eigenvalue weighted by atomic mass is 79.9. The van der Waals surface area contributed by atoms with Gasteiger partial charge in [-0.1, -0.05) is 34.1 Å². The van der Waals surface area contributed by atoms with Crippen LogP contribution in [0.5, 0.6) is 11.5 Å². The van der Waals surface area contributed by atoms with Gasteiger partial charge in [-0.15, -0.1) is 0 Å². The second-order valence-corrected chi connectivity index (χ2v) is 8.36. The number of ether oxygens (including phenoxy) is 3. The largest absolute Gasteiger partial charge is 0.493 e. The Morgan fingerprint density at radius 2 is 1.78 bits per heavy atom. The Kier molecular flexibility index (Phi) is 9.42. The van der Waals surface area contributed by atoms with Crippen LogP contribution < -0.4 is 14.8 Å². The maximum atomic E-state index is 12.7. The number of halogens is 1. The van der Waals surface area contributed by atoms with Crippen molar-refractivity contribution in [2.75, 3.05) is 19.0 Å². The zero-order chi connectivity index (χ0) is 26.8. The Bertz CT molecular complexity index is 1420. The molecule has 0 saturated carbocycles. The molecule has 0 radical (unpaired) electrons. The minimum atomic E-state index is -0.620. The van der Waals surface area contributed by atoms with E-state index in [1.165, 1.54) is 25.3 Å². The molecule has 3 aromatic carbocycles. The third-order valence-corrected chi connectivity index (χ3v) is 5.81. The van der Waals surface area contributed by atoms with Crippen molar-refractivity contribution in [1.29, 1.82) is 10.5 Å². The molecule has 9 heteroatoms. The SMILES string of the molecule is CCOC(=O)c1ccc(NC(=O)/C(C#N)=C/c2cc(OC)c(OCc3ccccc3C#N)cc2Br)cc1. The molecule has 1 N–H and O–H groups in total. The number of hydrogen-bond donors (Lipinski definition) is 1. The van der Waals surface area contributed by atoms with Gasteiger partial charge in [0.25, 0.3) is 5.91 Å². The van der Waals surface area contributed by atoms with Gasteiger partial charge in [-0.2, -0.15) is 10.5 Å². The summed E-state index contributed by atoms with van der Waals surface area (Å²) in [6, 6.07) is 20.6. The van der Waals surface area contributed by atoms with Crippen molar-refractivity contribution >= 4 is 39.6 Å². The molecule has 3 aromatic rings. The minimum Gasteiger partial charge on any atom is -0.493 e. The molecule has 0 atom stereocenters. The lowest BCUT2D eigenvalue weighted by molar-refractivity contribution is -0.112. The van der Waals surface area contributed by atoms with Crippen LogP contribution in [0.1, 0.15) is 34.0 Å². The lowest BCUT2D eigenvalue weighted by Gasteiger charge is -2.13. The molecule has 3 rings (SSSR count). The van der Waals surface area contributed by atoms with Crippen molar-refractivity contribution in [2.45, 2.75) is 13.5 Å². The topological polar surface area (TPSA) is 121 Å². The lowest BCUT2D eigenvalue weighted by Crippen LogP contribution is -2.13. The van der Waals surface area contributed by atoms with Gasteiger partial charge in [-0.25, -0.2) is 4.79 Å². The molecule has 1 amide bonds. The molecule has 0 bridgehead atoms. The van der Waals surface area contributed by atoms with E-state index in [1.54, 1.807) is 49.4 Å². The Morgan fingerprint density at radius 1 is 1.05 bits per heavy atom. The predicted octanol–water partition coefficient (Wildman–Crippen LogP) is 5.63. The highest BCUT2D eigenvalue weighted by molar-refractivity contribution is 9.10. The van der Waals surface area contributed by atoms with Gasteiger partial charge in [0.15, 0.2) is 11.5 Å². The fourth-order valence-corrected chi connectivity index (χ4v) is 3.69. The molecule has 0 fully saturated rings. The van der Waals surface area contributed by atoms with Crippen LogP contribution >= 0.6 is 15.9 Å². The first kappa shape index (κ1) is 27.0. The summed E-state index contributed by atoms with van der Waals surface area (Å²) < 4.78 is 16.8. The Labute approximate surface area is 222 Å². The number of esters is 1. The van der Waals surface area contributed by atoms with E-state index in [-0.39, 0.29) is 18.8 Å². The predicted molar refractivity (Wildman–Crippen MR) is 141 cm³/mol. The molecule has 0 aliphatic heterocycles. The number of methoxy groups -OCH3 is 1. The summed E-state index contributed by atoms with van der Waals surface area (Å²) in [5, 5.41) is 21.5. The first-order valence-electron chi connectivity index (χ1n) is 11.1. The summed E-state index contributed by atoms with van der Waals surface area (Å²) in [7, 11) is 1.48. The number of hydrogen-bond acceptors (Lipinski definition) is 7. The van der Waals surface area contributed by atoms with E-state index in [9.17, 15) is 20.1 Å². The van der Waals surface area contributed by atoms with Gasteiger partial charge in [-0.3, -0.25) is 4.79 Å². The normalized spacial score (nSPS) is 10.6. The third-order valence-electron chi connectivity index (χ3n) is 5.12. The molecule has 0 spiro atoms. The van der Waals surface area contributed by atoms with Crippen molar-refractivity contribution in [3.8, 4) is 23.6 Å². The number of rotatable bonds is 9. The first-order chi connectivity index (χ1) is 17.9. The zero-order valence-electron chi connectivity index (χ0n) is 20.1. The van der Waals surface area contributed by atoms with Crippen LogP contribution in [0.25, 0.3) is 6.08 Å². The van der Waals surface area contributed by atoms with Gasteiger partial charge in [0, 0.05) is 15.7 Å². The number of amides is 1. The summed E-state index contributed by atoms with van der Waals surface area (Å²) >= 11 is 3.46. The Morgan fingerprint density at radius 3 is 2.43 bits per heavy atom. The summed E-state index contributed by atoms with van der Waals surface area (Å²) in [5.74, 6) is -0.274. The van der Waals surface area contributed by atoms with Crippen LogP contribution in [0.4, 0.5) is 5.69 Å². The minimum absolute atomic E-state index is 0.145. The van der Waals surface area contributed by atoms with Crippen molar-refractivity contribution < 1.29 is 23.8 Å². The summed E-state index contributed by atoms with van der Waals surface area (Å²) in [4.78, 5) is 24.5. The number of nitriles is 2. The van der Waals surface area contributed by atoms with Crippen molar-refractivity contribution in [3.05, 3.63) is 93.0 Å². The van der Waals surface area contributed by atoms with Crippen molar-refractivity contribution in [3.63, 3.8) is 0 Å². The molecule has 186 valence electrons. The highest BCUT2D eigenvalue weighted by Gasteiger charge is 2.15. The van der Waals surface area contributed by atoms with Crippen molar-refractivity contribution in [2.24, 2.45) is 0 Å².